The summed E-state index contributed by atoms with van der Waals surface area (Å²) in [4.78, 5) is 11.3. The number of hydrogen-bond donors (Lipinski definition) is 1. The predicted octanol–water partition coefficient (Wildman–Crippen LogP) is 2.91. The van der Waals surface area contributed by atoms with Gasteiger partial charge in [0, 0.05) is 5.69 Å². The molecule has 2 heteroatoms. The molecule has 0 amide bonds. The number of para-hydroxylation sites is 1. The summed E-state index contributed by atoms with van der Waals surface area (Å²) >= 11 is 0. The molecule has 1 atom stereocenters. The fraction of sp³-hybridized carbons (Fsp3) is 0.133. The zero-order valence-corrected chi connectivity index (χ0v) is 9.76. The van der Waals surface area contributed by atoms with Crippen LogP contribution in [-0.2, 0) is 4.79 Å². The second-order valence-corrected chi connectivity index (χ2v) is 4.10. The lowest BCUT2D eigenvalue weighted by atomic mass is 9.90. The van der Waals surface area contributed by atoms with Crippen LogP contribution in [0.15, 0.2) is 48.5 Å². The number of carbonyl (C=O) groups is 1. The standard InChI is InChI=1S/C15H15NO/c1-11-6-5-9-13(15(11)16)14(10-17)12-7-3-2-4-8-12/h2-10,14H,16H2,1H3. The lowest BCUT2D eigenvalue weighted by Crippen LogP contribution is -2.06. The zero-order valence-electron chi connectivity index (χ0n) is 9.76. The summed E-state index contributed by atoms with van der Waals surface area (Å²) in [5.41, 5.74) is 9.60. The Morgan fingerprint density at radius 3 is 2.41 bits per heavy atom. The minimum absolute atomic E-state index is 0.281. The van der Waals surface area contributed by atoms with E-state index in [2.05, 4.69) is 0 Å². The topological polar surface area (TPSA) is 43.1 Å². The molecule has 0 saturated carbocycles. The molecule has 0 aromatic heterocycles. The summed E-state index contributed by atoms with van der Waals surface area (Å²) in [6.07, 6.45) is 0.945. The highest BCUT2D eigenvalue weighted by Gasteiger charge is 2.16. The molecule has 2 aromatic rings. The largest absolute Gasteiger partial charge is 0.398 e. The highest BCUT2D eigenvalue weighted by Crippen LogP contribution is 2.28. The Bertz CT molecular complexity index is 520. The Balaban J connectivity index is 2.50. The average Bonchev–Trinajstić information content (AvgIpc) is 2.37. The Labute approximate surface area is 101 Å². The van der Waals surface area contributed by atoms with Gasteiger partial charge in [-0.05, 0) is 23.6 Å². The maximum Gasteiger partial charge on any atom is 0.131 e. The summed E-state index contributed by atoms with van der Waals surface area (Å²) in [6.45, 7) is 1.95. The van der Waals surface area contributed by atoms with E-state index in [1.807, 2.05) is 55.5 Å². The number of hydrogen-bond acceptors (Lipinski definition) is 2. The molecule has 0 saturated heterocycles. The Morgan fingerprint density at radius 1 is 1.06 bits per heavy atom. The van der Waals surface area contributed by atoms with Crippen LogP contribution < -0.4 is 5.73 Å². The Hall–Kier alpha value is -2.09. The quantitative estimate of drug-likeness (QED) is 0.644. The monoisotopic (exact) mass is 225 g/mol. The first-order valence-corrected chi connectivity index (χ1v) is 5.59. The van der Waals surface area contributed by atoms with E-state index in [4.69, 9.17) is 5.73 Å². The van der Waals surface area contributed by atoms with Gasteiger partial charge in [0.25, 0.3) is 0 Å². The van der Waals surface area contributed by atoms with E-state index < -0.39 is 0 Å². The maximum absolute atomic E-state index is 11.3. The molecule has 2 nitrogen and oxygen atoms in total. The highest BCUT2D eigenvalue weighted by atomic mass is 16.1. The molecule has 0 radical (unpaired) electrons. The van der Waals surface area contributed by atoms with Crippen LogP contribution in [0.2, 0.25) is 0 Å². The van der Waals surface area contributed by atoms with Crippen LogP contribution >= 0.6 is 0 Å². The van der Waals surface area contributed by atoms with Crippen molar-refractivity contribution in [1.29, 1.82) is 0 Å². The van der Waals surface area contributed by atoms with Crippen LogP contribution in [-0.4, -0.2) is 6.29 Å². The first kappa shape index (κ1) is 11.4. The number of rotatable bonds is 3. The van der Waals surface area contributed by atoms with Crippen LogP contribution in [0, 0.1) is 6.92 Å². The van der Waals surface area contributed by atoms with Gasteiger partial charge in [0.2, 0.25) is 0 Å². The van der Waals surface area contributed by atoms with E-state index in [1.54, 1.807) is 0 Å². The molecule has 17 heavy (non-hydrogen) atoms. The smallest absolute Gasteiger partial charge is 0.131 e. The normalized spacial score (nSPS) is 12.1. The molecule has 2 N–H and O–H groups in total. The molecule has 0 spiro atoms. The third-order valence-corrected chi connectivity index (χ3v) is 2.99. The van der Waals surface area contributed by atoms with Crippen LogP contribution in [0.5, 0.6) is 0 Å². The van der Waals surface area contributed by atoms with E-state index in [0.29, 0.717) is 5.69 Å². The van der Waals surface area contributed by atoms with Gasteiger partial charge in [0.15, 0.2) is 0 Å². The number of anilines is 1. The van der Waals surface area contributed by atoms with Crippen molar-refractivity contribution in [2.24, 2.45) is 0 Å². The van der Waals surface area contributed by atoms with Crippen molar-refractivity contribution in [3.05, 3.63) is 65.2 Å². The first-order valence-electron chi connectivity index (χ1n) is 5.59. The number of nitrogens with two attached hydrogens (primary N) is 1. The first-order chi connectivity index (χ1) is 8.24. The van der Waals surface area contributed by atoms with E-state index in [0.717, 1.165) is 23.0 Å². The lowest BCUT2D eigenvalue weighted by molar-refractivity contribution is -0.108. The van der Waals surface area contributed by atoms with Crippen LogP contribution in [0.1, 0.15) is 22.6 Å². The SMILES string of the molecule is Cc1cccc(C(C=O)c2ccccc2)c1N. The van der Waals surface area contributed by atoms with E-state index in [-0.39, 0.29) is 5.92 Å². The van der Waals surface area contributed by atoms with Crippen molar-refractivity contribution in [3.8, 4) is 0 Å². The van der Waals surface area contributed by atoms with Gasteiger partial charge in [-0.1, -0.05) is 48.5 Å². The van der Waals surface area contributed by atoms with Gasteiger partial charge in [0.1, 0.15) is 6.29 Å². The second kappa shape index (κ2) is 4.83. The van der Waals surface area contributed by atoms with E-state index >= 15 is 0 Å². The van der Waals surface area contributed by atoms with Crippen molar-refractivity contribution >= 4 is 12.0 Å². The Kier molecular flexibility index (Phi) is 3.24. The van der Waals surface area contributed by atoms with Crippen LogP contribution in [0.25, 0.3) is 0 Å². The predicted molar refractivity (Wildman–Crippen MR) is 69.9 cm³/mol. The zero-order chi connectivity index (χ0) is 12.3. The van der Waals surface area contributed by atoms with Crippen LogP contribution in [0.4, 0.5) is 5.69 Å². The summed E-state index contributed by atoms with van der Waals surface area (Å²) in [5, 5.41) is 0. The van der Waals surface area contributed by atoms with Gasteiger partial charge < -0.3 is 10.5 Å². The summed E-state index contributed by atoms with van der Waals surface area (Å²) in [6, 6.07) is 15.5. The minimum atomic E-state index is -0.281. The van der Waals surface area contributed by atoms with Gasteiger partial charge in [0.05, 0.1) is 5.92 Å². The minimum Gasteiger partial charge on any atom is -0.398 e. The van der Waals surface area contributed by atoms with E-state index in [1.165, 1.54) is 0 Å². The van der Waals surface area contributed by atoms with Crippen molar-refractivity contribution < 1.29 is 4.79 Å². The number of nitrogen functional groups attached to an aromatic ring is 1. The van der Waals surface area contributed by atoms with Crippen molar-refractivity contribution in [1.82, 2.24) is 0 Å². The fourth-order valence-electron chi connectivity index (χ4n) is 1.97. The molecule has 0 aliphatic rings. The lowest BCUT2D eigenvalue weighted by Gasteiger charge is -2.15. The molecule has 86 valence electrons. The molecule has 2 aromatic carbocycles. The second-order valence-electron chi connectivity index (χ2n) is 4.10. The van der Waals surface area contributed by atoms with E-state index in [9.17, 15) is 4.79 Å². The number of aryl methyl sites for hydroxylation is 1. The molecule has 0 aliphatic carbocycles. The van der Waals surface area contributed by atoms with Gasteiger partial charge in [-0.2, -0.15) is 0 Å². The molecule has 0 fully saturated rings. The molecule has 2 rings (SSSR count). The van der Waals surface area contributed by atoms with Crippen molar-refractivity contribution in [2.45, 2.75) is 12.8 Å². The fourth-order valence-corrected chi connectivity index (χ4v) is 1.97. The van der Waals surface area contributed by atoms with Gasteiger partial charge in [-0.25, -0.2) is 0 Å². The van der Waals surface area contributed by atoms with Crippen LogP contribution in [0.3, 0.4) is 0 Å². The molecular weight excluding hydrogens is 210 g/mol. The van der Waals surface area contributed by atoms with Crippen molar-refractivity contribution in [3.63, 3.8) is 0 Å². The number of aldehydes is 1. The molecular formula is C15H15NO. The number of carbonyl (C=O) groups excluding carboxylic acids is 1. The number of benzene rings is 2. The molecule has 0 heterocycles. The average molecular weight is 225 g/mol. The third-order valence-electron chi connectivity index (χ3n) is 2.99. The maximum atomic E-state index is 11.3. The molecule has 0 bridgehead atoms. The molecule has 1 unspecified atom stereocenters. The van der Waals surface area contributed by atoms with Gasteiger partial charge >= 0.3 is 0 Å². The Morgan fingerprint density at radius 2 is 1.76 bits per heavy atom. The van der Waals surface area contributed by atoms with Gasteiger partial charge in [-0.15, -0.1) is 0 Å². The highest BCUT2D eigenvalue weighted by molar-refractivity contribution is 5.73. The van der Waals surface area contributed by atoms with Crippen molar-refractivity contribution in [2.75, 3.05) is 5.73 Å². The third kappa shape index (κ3) is 2.21. The summed E-state index contributed by atoms with van der Waals surface area (Å²) in [5.74, 6) is -0.281. The molecule has 0 aliphatic heterocycles. The summed E-state index contributed by atoms with van der Waals surface area (Å²) in [7, 11) is 0. The van der Waals surface area contributed by atoms with Gasteiger partial charge in [-0.3, -0.25) is 0 Å². The summed E-state index contributed by atoms with van der Waals surface area (Å²) < 4.78 is 0.